The first-order chi connectivity index (χ1) is 11.1. The lowest BCUT2D eigenvalue weighted by Gasteiger charge is -2.18. The Morgan fingerprint density at radius 1 is 1.00 bits per heavy atom. The standard InChI is InChI=1S/C20H24O3/c1-6-15-7-9-17(10-8-15)23-13-16-11-18(21-4)20(14(2)3)19(12-16)22-5/h6-12,14H,1,13H2,2-5H3. The van der Waals surface area contributed by atoms with Gasteiger partial charge in [0.05, 0.1) is 14.2 Å². The van der Waals surface area contributed by atoms with Crippen LogP contribution in [0.25, 0.3) is 6.08 Å². The Morgan fingerprint density at radius 3 is 2.00 bits per heavy atom. The summed E-state index contributed by atoms with van der Waals surface area (Å²) in [4.78, 5) is 0. The van der Waals surface area contributed by atoms with E-state index in [2.05, 4.69) is 20.4 Å². The van der Waals surface area contributed by atoms with E-state index in [0.29, 0.717) is 12.5 Å². The van der Waals surface area contributed by atoms with Crippen LogP contribution in [0, 0.1) is 0 Å². The minimum atomic E-state index is 0.321. The molecule has 122 valence electrons. The van der Waals surface area contributed by atoms with Crippen molar-refractivity contribution in [2.24, 2.45) is 0 Å². The number of methoxy groups -OCH3 is 2. The topological polar surface area (TPSA) is 27.7 Å². The van der Waals surface area contributed by atoms with E-state index >= 15 is 0 Å². The highest BCUT2D eigenvalue weighted by molar-refractivity contribution is 5.50. The maximum atomic E-state index is 5.85. The summed E-state index contributed by atoms with van der Waals surface area (Å²) in [6.45, 7) is 8.45. The van der Waals surface area contributed by atoms with Gasteiger partial charge in [0.1, 0.15) is 23.9 Å². The summed E-state index contributed by atoms with van der Waals surface area (Å²) < 4.78 is 16.9. The van der Waals surface area contributed by atoms with Crippen molar-refractivity contribution in [2.75, 3.05) is 14.2 Å². The van der Waals surface area contributed by atoms with Crippen molar-refractivity contribution in [3.63, 3.8) is 0 Å². The summed E-state index contributed by atoms with van der Waals surface area (Å²) in [7, 11) is 3.36. The van der Waals surface area contributed by atoms with Gasteiger partial charge in [-0.3, -0.25) is 0 Å². The van der Waals surface area contributed by atoms with Crippen molar-refractivity contribution in [3.8, 4) is 17.2 Å². The molecule has 0 aliphatic heterocycles. The molecule has 0 N–H and O–H groups in total. The first-order valence-electron chi connectivity index (χ1n) is 7.69. The zero-order valence-corrected chi connectivity index (χ0v) is 14.3. The molecule has 2 aromatic carbocycles. The average Bonchev–Trinajstić information content (AvgIpc) is 2.59. The van der Waals surface area contributed by atoms with Crippen LogP contribution in [-0.4, -0.2) is 14.2 Å². The van der Waals surface area contributed by atoms with Crippen molar-refractivity contribution in [3.05, 3.63) is 59.7 Å². The molecule has 0 radical (unpaired) electrons. The van der Waals surface area contributed by atoms with Crippen molar-refractivity contribution in [1.82, 2.24) is 0 Å². The van der Waals surface area contributed by atoms with E-state index in [9.17, 15) is 0 Å². The number of rotatable bonds is 7. The van der Waals surface area contributed by atoms with Crippen molar-refractivity contribution < 1.29 is 14.2 Å². The molecule has 0 bridgehead atoms. The fourth-order valence-corrected chi connectivity index (χ4v) is 2.51. The van der Waals surface area contributed by atoms with Gasteiger partial charge in [-0.15, -0.1) is 0 Å². The van der Waals surface area contributed by atoms with E-state index < -0.39 is 0 Å². The number of hydrogen-bond donors (Lipinski definition) is 0. The summed E-state index contributed by atoms with van der Waals surface area (Å²) in [6.07, 6.45) is 1.81. The Bertz CT molecular complexity index is 632. The molecule has 0 saturated carbocycles. The van der Waals surface area contributed by atoms with Crippen LogP contribution in [0.2, 0.25) is 0 Å². The molecule has 0 aliphatic carbocycles. The van der Waals surface area contributed by atoms with Crippen LogP contribution < -0.4 is 14.2 Å². The van der Waals surface area contributed by atoms with Gasteiger partial charge in [0.15, 0.2) is 0 Å². The number of ether oxygens (including phenoxy) is 3. The van der Waals surface area contributed by atoms with E-state index in [-0.39, 0.29) is 0 Å². The molecule has 0 heterocycles. The third-order valence-electron chi connectivity index (χ3n) is 3.70. The zero-order chi connectivity index (χ0) is 16.8. The fourth-order valence-electron chi connectivity index (χ4n) is 2.51. The van der Waals surface area contributed by atoms with Gasteiger partial charge in [-0.2, -0.15) is 0 Å². The van der Waals surface area contributed by atoms with Gasteiger partial charge in [-0.05, 0) is 41.3 Å². The highest BCUT2D eigenvalue weighted by Gasteiger charge is 2.15. The minimum absolute atomic E-state index is 0.321. The molecule has 2 rings (SSSR count). The van der Waals surface area contributed by atoms with Crippen molar-refractivity contribution >= 4 is 6.08 Å². The lowest BCUT2D eigenvalue weighted by atomic mass is 9.99. The molecule has 0 spiro atoms. The molecule has 0 aromatic heterocycles. The van der Waals surface area contributed by atoms with E-state index in [4.69, 9.17) is 14.2 Å². The van der Waals surface area contributed by atoms with Gasteiger partial charge in [-0.25, -0.2) is 0 Å². The first kappa shape index (κ1) is 16.9. The predicted octanol–water partition coefficient (Wildman–Crippen LogP) is 5.05. The fraction of sp³-hybridized carbons (Fsp3) is 0.300. The molecule has 0 atom stereocenters. The summed E-state index contributed by atoms with van der Waals surface area (Å²) in [5.41, 5.74) is 3.16. The highest BCUT2D eigenvalue weighted by atomic mass is 16.5. The molecule has 3 heteroatoms. The molecular formula is C20H24O3. The smallest absolute Gasteiger partial charge is 0.126 e. The Kier molecular flexibility index (Phi) is 5.69. The molecule has 0 saturated heterocycles. The second-order valence-electron chi connectivity index (χ2n) is 5.63. The van der Waals surface area contributed by atoms with E-state index in [0.717, 1.165) is 33.9 Å². The van der Waals surface area contributed by atoms with Gasteiger partial charge in [-0.1, -0.05) is 38.6 Å². The summed E-state index contributed by atoms with van der Waals surface area (Å²) in [5.74, 6) is 2.81. The normalized spacial score (nSPS) is 10.5. The first-order valence-corrected chi connectivity index (χ1v) is 7.69. The SMILES string of the molecule is C=Cc1ccc(OCc2cc(OC)c(C(C)C)c(OC)c2)cc1. The maximum Gasteiger partial charge on any atom is 0.126 e. The van der Waals surface area contributed by atoms with Crippen LogP contribution in [0.5, 0.6) is 17.2 Å². The second kappa shape index (κ2) is 7.73. The van der Waals surface area contributed by atoms with E-state index in [1.54, 1.807) is 14.2 Å². The van der Waals surface area contributed by atoms with Crippen LogP contribution in [-0.2, 0) is 6.61 Å². The molecule has 2 aromatic rings. The van der Waals surface area contributed by atoms with Gasteiger partial charge in [0, 0.05) is 5.56 Å². The summed E-state index contributed by atoms with van der Waals surface area (Å²) in [5, 5.41) is 0. The second-order valence-corrected chi connectivity index (χ2v) is 5.63. The van der Waals surface area contributed by atoms with Gasteiger partial charge >= 0.3 is 0 Å². The molecule has 0 unspecified atom stereocenters. The summed E-state index contributed by atoms with van der Waals surface area (Å²) in [6, 6.07) is 11.9. The van der Waals surface area contributed by atoms with Gasteiger partial charge in [0.2, 0.25) is 0 Å². The highest BCUT2D eigenvalue weighted by Crippen LogP contribution is 2.36. The Labute approximate surface area is 138 Å². The quantitative estimate of drug-likeness (QED) is 0.716. The van der Waals surface area contributed by atoms with Crippen LogP contribution in [0.4, 0.5) is 0 Å². The largest absolute Gasteiger partial charge is 0.496 e. The van der Waals surface area contributed by atoms with Gasteiger partial charge < -0.3 is 14.2 Å². The zero-order valence-electron chi connectivity index (χ0n) is 14.3. The monoisotopic (exact) mass is 312 g/mol. The van der Waals surface area contributed by atoms with Crippen LogP contribution in [0.1, 0.15) is 36.5 Å². The Balaban J connectivity index is 2.20. The van der Waals surface area contributed by atoms with E-state index in [1.807, 2.05) is 42.5 Å². The maximum absolute atomic E-state index is 5.85. The van der Waals surface area contributed by atoms with Crippen LogP contribution >= 0.6 is 0 Å². The Hall–Kier alpha value is -2.42. The van der Waals surface area contributed by atoms with Crippen molar-refractivity contribution in [2.45, 2.75) is 26.4 Å². The summed E-state index contributed by atoms with van der Waals surface area (Å²) >= 11 is 0. The molecule has 3 nitrogen and oxygen atoms in total. The Morgan fingerprint density at radius 2 is 1.57 bits per heavy atom. The third kappa shape index (κ3) is 4.07. The number of benzene rings is 2. The van der Waals surface area contributed by atoms with Gasteiger partial charge in [0.25, 0.3) is 0 Å². The third-order valence-corrected chi connectivity index (χ3v) is 3.70. The number of hydrogen-bond acceptors (Lipinski definition) is 3. The molecule has 23 heavy (non-hydrogen) atoms. The molecular weight excluding hydrogens is 288 g/mol. The van der Waals surface area contributed by atoms with E-state index in [1.165, 1.54) is 0 Å². The predicted molar refractivity (Wildman–Crippen MR) is 94.5 cm³/mol. The average molecular weight is 312 g/mol. The molecule has 0 fully saturated rings. The lowest BCUT2D eigenvalue weighted by molar-refractivity contribution is 0.303. The minimum Gasteiger partial charge on any atom is -0.496 e. The lowest BCUT2D eigenvalue weighted by Crippen LogP contribution is -2.02. The van der Waals surface area contributed by atoms with Crippen molar-refractivity contribution in [1.29, 1.82) is 0 Å². The van der Waals surface area contributed by atoms with Crippen LogP contribution in [0.15, 0.2) is 43.0 Å². The molecule has 0 aliphatic rings. The van der Waals surface area contributed by atoms with Crippen LogP contribution in [0.3, 0.4) is 0 Å². The molecule has 0 amide bonds.